The zero-order chi connectivity index (χ0) is 17.8. The van der Waals surface area contributed by atoms with Crippen LogP contribution in [0.25, 0.3) is 0 Å². The number of nitrogens with zero attached hydrogens (tertiary/aromatic N) is 2. The van der Waals surface area contributed by atoms with Crippen LogP contribution in [0.2, 0.25) is 0 Å². The molecular weight excluding hydrogens is 318 g/mol. The summed E-state index contributed by atoms with van der Waals surface area (Å²) in [5.74, 6) is 1.17. The van der Waals surface area contributed by atoms with E-state index in [1.54, 1.807) is 7.11 Å². The number of ether oxygens (including phenoxy) is 2. The van der Waals surface area contributed by atoms with Gasteiger partial charge in [-0.3, -0.25) is 4.79 Å². The number of amides is 1. The first-order chi connectivity index (χ1) is 12.1. The zero-order valence-electron chi connectivity index (χ0n) is 15.5. The average Bonchev–Trinajstić information content (AvgIpc) is 2.61. The van der Waals surface area contributed by atoms with Crippen molar-refractivity contribution in [3.63, 3.8) is 0 Å². The van der Waals surface area contributed by atoms with Crippen LogP contribution in [0.4, 0.5) is 5.69 Å². The second-order valence-electron chi connectivity index (χ2n) is 7.14. The Hall–Kier alpha value is -1.79. The van der Waals surface area contributed by atoms with E-state index in [9.17, 15) is 4.79 Å². The number of carbonyl (C=O) groups is 1. The van der Waals surface area contributed by atoms with Gasteiger partial charge in [0.25, 0.3) is 5.91 Å². The van der Waals surface area contributed by atoms with Crippen molar-refractivity contribution < 1.29 is 19.2 Å². The van der Waals surface area contributed by atoms with Crippen LogP contribution in [0.3, 0.4) is 0 Å². The van der Waals surface area contributed by atoms with Crippen LogP contribution < -0.4 is 14.5 Å². The van der Waals surface area contributed by atoms with E-state index in [1.807, 2.05) is 36.9 Å². The number of carbonyl (C=O) groups excluding carboxylic acids is 1. The Labute approximate surface area is 150 Å². The summed E-state index contributed by atoms with van der Waals surface area (Å²) in [5.41, 5.74) is 1.14. The molecule has 1 aromatic rings. The molecule has 2 fully saturated rings. The lowest BCUT2D eigenvalue weighted by Crippen LogP contribution is -3.16. The number of para-hydroxylation sites is 2. The fourth-order valence-corrected chi connectivity index (χ4v) is 3.84. The van der Waals surface area contributed by atoms with E-state index >= 15 is 0 Å². The highest BCUT2D eigenvalue weighted by Crippen LogP contribution is 2.27. The topological polar surface area (TPSA) is 46.5 Å². The predicted octanol–water partition coefficient (Wildman–Crippen LogP) is 0.0359. The SMILES string of the molecule is COc1ccccc1N1CC[NH+](CC(=O)N2C[C@@H](C)O[C@H](C)C2)CC1. The van der Waals surface area contributed by atoms with E-state index in [0.29, 0.717) is 19.6 Å². The molecular formula is C19H30N3O3+. The molecule has 0 saturated carbocycles. The molecule has 1 N–H and O–H groups in total. The lowest BCUT2D eigenvalue weighted by molar-refractivity contribution is -0.892. The molecule has 2 atom stereocenters. The Morgan fingerprint density at radius 1 is 1.20 bits per heavy atom. The third kappa shape index (κ3) is 4.44. The maximum Gasteiger partial charge on any atom is 0.277 e. The predicted molar refractivity (Wildman–Crippen MR) is 97.4 cm³/mol. The van der Waals surface area contributed by atoms with E-state index in [1.165, 1.54) is 4.90 Å². The summed E-state index contributed by atoms with van der Waals surface area (Å²) in [6, 6.07) is 8.14. The normalized spacial score (nSPS) is 25.1. The van der Waals surface area contributed by atoms with Crippen molar-refractivity contribution in [2.75, 3.05) is 57.8 Å². The van der Waals surface area contributed by atoms with E-state index in [-0.39, 0.29) is 18.1 Å². The highest BCUT2D eigenvalue weighted by Gasteiger charge is 2.30. The molecule has 0 aromatic heterocycles. The average molecular weight is 348 g/mol. The number of benzene rings is 1. The number of methoxy groups -OCH3 is 1. The lowest BCUT2D eigenvalue weighted by Gasteiger charge is -2.37. The molecule has 1 aromatic carbocycles. The highest BCUT2D eigenvalue weighted by molar-refractivity contribution is 5.77. The first kappa shape index (κ1) is 18.0. The Morgan fingerprint density at radius 3 is 2.48 bits per heavy atom. The van der Waals surface area contributed by atoms with Gasteiger partial charge < -0.3 is 24.2 Å². The molecule has 2 heterocycles. The Kier molecular flexibility index (Phi) is 5.81. The van der Waals surface area contributed by atoms with Crippen molar-refractivity contribution in [2.24, 2.45) is 0 Å². The monoisotopic (exact) mass is 348 g/mol. The van der Waals surface area contributed by atoms with Gasteiger partial charge in [0.05, 0.1) is 51.2 Å². The Morgan fingerprint density at radius 2 is 1.84 bits per heavy atom. The van der Waals surface area contributed by atoms with Gasteiger partial charge in [-0.1, -0.05) is 12.1 Å². The summed E-state index contributed by atoms with van der Waals surface area (Å²) in [5, 5.41) is 0. The molecule has 3 rings (SSSR count). The van der Waals surface area contributed by atoms with Crippen LogP contribution in [0.15, 0.2) is 24.3 Å². The van der Waals surface area contributed by atoms with Gasteiger partial charge in [0, 0.05) is 13.1 Å². The fraction of sp³-hybridized carbons (Fsp3) is 0.632. The maximum absolute atomic E-state index is 12.6. The van der Waals surface area contributed by atoms with Crippen LogP contribution in [0.5, 0.6) is 5.75 Å². The highest BCUT2D eigenvalue weighted by atomic mass is 16.5. The third-order valence-corrected chi connectivity index (χ3v) is 5.07. The smallest absolute Gasteiger partial charge is 0.277 e. The summed E-state index contributed by atoms with van der Waals surface area (Å²) < 4.78 is 11.2. The number of piperazine rings is 1. The van der Waals surface area contributed by atoms with Crippen LogP contribution in [-0.2, 0) is 9.53 Å². The molecule has 0 unspecified atom stereocenters. The molecule has 2 aliphatic rings. The summed E-state index contributed by atoms with van der Waals surface area (Å²) in [4.78, 5) is 18.3. The minimum Gasteiger partial charge on any atom is -0.495 e. The van der Waals surface area contributed by atoms with Crippen LogP contribution in [-0.4, -0.2) is 75.9 Å². The van der Waals surface area contributed by atoms with Crippen molar-refractivity contribution >= 4 is 11.6 Å². The minimum atomic E-state index is 0.130. The number of nitrogens with one attached hydrogen (secondary N) is 1. The van der Waals surface area contributed by atoms with Crippen molar-refractivity contribution in [3.05, 3.63) is 24.3 Å². The van der Waals surface area contributed by atoms with Crippen molar-refractivity contribution in [3.8, 4) is 5.75 Å². The summed E-state index contributed by atoms with van der Waals surface area (Å²) >= 11 is 0. The first-order valence-electron chi connectivity index (χ1n) is 9.21. The Bertz CT molecular complexity index is 577. The number of quaternary nitrogens is 1. The fourth-order valence-electron chi connectivity index (χ4n) is 3.84. The minimum absolute atomic E-state index is 0.130. The molecule has 6 heteroatoms. The van der Waals surface area contributed by atoms with Gasteiger partial charge in [0.1, 0.15) is 5.75 Å². The first-order valence-corrected chi connectivity index (χ1v) is 9.21. The molecule has 0 spiro atoms. The van der Waals surface area contributed by atoms with Gasteiger partial charge in [-0.15, -0.1) is 0 Å². The number of rotatable bonds is 4. The zero-order valence-corrected chi connectivity index (χ0v) is 15.5. The lowest BCUT2D eigenvalue weighted by atomic mass is 10.2. The molecule has 25 heavy (non-hydrogen) atoms. The standard InChI is InChI=1S/C19H29N3O3/c1-15-12-22(13-16(2)25-15)19(23)14-20-8-10-21(11-9-20)17-6-4-5-7-18(17)24-3/h4-7,15-16H,8-14H2,1-3H3/p+1/t15-,16-/m1/s1. The van der Waals surface area contributed by atoms with Crippen LogP contribution >= 0.6 is 0 Å². The van der Waals surface area contributed by atoms with Gasteiger partial charge in [0.15, 0.2) is 6.54 Å². The van der Waals surface area contributed by atoms with Crippen LogP contribution in [0.1, 0.15) is 13.8 Å². The Balaban J connectivity index is 1.51. The summed E-state index contributed by atoms with van der Waals surface area (Å²) in [6.45, 7) is 9.91. The van der Waals surface area contributed by atoms with Gasteiger partial charge in [-0.05, 0) is 26.0 Å². The van der Waals surface area contributed by atoms with Gasteiger partial charge in [-0.2, -0.15) is 0 Å². The number of hydrogen-bond donors (Lipinski definition) is 1. The maximum atomic E-state index is 12.6. The van der Waals surface area contributed by atoms with Crippen molar-refractivity contribution in [1.82, 2.24) is 4.90 Å². The molecule has 0 bridgehead atoms. The summed E-state index contributed by atoms with van der Waals surface area (Å²) in [7, 11) is 1.71. The number of hydrogen-bond acceptors (Lipinski definition) is 4. The van der Waals surface area contributed by atoms with E-state index in [4.69, 9.17) is 9.47 Å². The third-order valence-electron chi connectivity index (χ3n) is 5.07. The molecule has 138 valence electrons. The van der Waals surface area contributed by atoms with Crippen molar-refractivity contribution in [2.45, 2.75) is 26.1 Å². The van der Waals surface area contributed by atoms with E-state index < -0.39 is 0 Å². The summed E-state index contributed by atoms with van der Waals surface area (Å²) in [6.07, 6.45) is 0.259. The van der Waals surface area contributed by atoms with Gasteiger partial charge >= 0.3 is 0 Å². The molecule has 2 aliphatic heterocycles. The van der Waals surface area contributed by atoms with Gasteiger partial charge in [-0.25, -0.2) is 0 Å². The van der Waals surface area contributed by atoms with Gasteiger partial charge in [0.2, 0.25) is 0 Å². The molecule has 0 radical (unpaired) electrons. The van der Waals surface area contributed by atoms with Crippen LogP contribution in [0, 0.1) is 0 Å². The van der Waals surface area contributed by atoms with E-state index in [0.717, 1.165) is 37.6 Å². The molecule has 6 nitrogen and oxygen atoms in total. The number of anilines is 1. The molecule has 2 saturated heterocycles. The second-order valence-corrected chi connectivity index (χ2v) is 7.14. The second kappa shape index (κ2) is 8.06. The van der Waals surface area contributed by atoms with Crippen molar-refractivity contribution in [1.29, 1.82) is 0 Å². The van der Waals surface area contributed by atoms with E-state index in [2.05, 4.69) is 11.0 Å². The molecule has 1 amide bonds. The number of morpholine rings is 1. The quantitative estimate of drug-likeness (QED) is 0.834. The molecule has 0 aliphatic carbocycles. The largest absolute Gasteiger partial charge is 0.495 e.